The maximum Gasteiger partial charge on any atom is 0.200 e. The van der Waals surface area contributed by atoms with Gasteiger partial charge in [0.05, 0.1) is 12.9 Å². The molecule has 0 unspecified atom stereocenters. The molecule has 0 spiro atoms. The van der Waals surface area contributed by atoms with Crippen LogP contribution >= 0.6 is 0 Å². The molecule has 10 heteroatoms. The molecule has 0 saturated heterocycles. The van der Waals surface area contributed by atoms with Gasteiger partial charge in [-0.3, -0.25) is 0 Å². The van der Waals surface area contributed by atoms with Crippen molar-refractivity contribution in [2.45, 2.75) is 10.6 Å². The summed E-state index contributed by atoms with van der Waals surface area (Å²) in [6.07, 6.45) is 0. The molecule has 2 aromatic rings. The third-order valence-corrected chi connectivity index (χ3v) is 4.77. The molecule has 2 aromatic carbocycles. The fraction of sp³-hybridized carbons (Fsp3) is 0.143. The largest absolute Gasteiger partial charge is 0.504 e. The Bertz CT molecular complexity index is 883. The average Bonchev–Trinajstić information content (AvgIpc) is 2.50. The number of sulfone groups is 1. The predicted octanol–water partition coefficient (Wildman–Crippen LogP) is 3.07. The van der Waals surface area contributed by atoms with Crippen LogP contribution in [0, 0.1) is 29.1 Å². The van der Waals surface area contributed by atoms with Crippen molar-refractivity contribution >= 4 is 9.84 Å². The van der Waals surface area contributed by atoms with Crippen LogP contribution in [0.1, 0.15) is 5.56 Å². The van der Waals surface area contributed by atoms with E-state index in [0.717, 1.165) is 12.1 Å². The van der Waals surface area contributed by atoms with Crippen LogP contribution < -0.4 is 4.74 Å². The van der Waals surface area contributed by atoms with Gasteiger partial charge in [0.1, 0.15) is 4.90 Å². The lowest BCUT2D eigenvalue weighted by Gasteiger charge is -2.10. The van der Waals surface area contributed by atoms with Crippen molar-refractivity contribution in [3.63, 3.8) is 0 Å². The van der Waals surface area contributed by atoms with E-state index < -0.39 is 55.3 Å². The van der Waals surface area contributed by atoms with E-state index in [1.165, 1.54) is 13.2 Å². The normalized spacial score (nSPS) is 11.6. The van der Waals surface area contributed by atoms with Gasteiger partial charge in [0.2, 0.25) is 5.82 Å². The Morgan fingerprint density at radius 3 is 1.92 bits per heavy atom. The number of phenolic OH excluding ortho intramolecular Hbond substituents is 1. The molecule has 0 aliphatic rings. The van der Waals surface area contributed by atoms with Crippen molar-refractivity contribution in [1.82, 2.24) is 0 Å². The van der Waals surface area contributed by atoms with Gasteiger partial charge < -0.3 is 9.84 Å². The first-order valence-corrected chi connectivity index (χ1v) is 7.85. The third kappa shape index (κ3) is 3.01. The third-order valence-electron chi connectivity index (χ3n) is 3.08. The summed E-state index contributed by atoms with van der Waals surface area (Å²) in [5.41, 5.74) is -0.141. The molecular weight excluding hydrogens is 359 g/mol. The van der Waals surface area contributed by atoms with Crippen molar-refractivity contribution in [2.75, 3.05) is 7.11 Å². The summed E-state index contributed by atoms with van der Waals surface area (Å²) in [5, 5.41) is 9.55. The molecular formula is C14H9F5O4S. The van der Waals surface area contributed by atoms with E-state index in [1.54, 1.807) is 0 Å². The zero-order chi connectivity index (χ0) is 18.2. The topological polar surface area (TPSA) is 63.6 Å². The minimum Gasteiger partial charge on any atom is -0.504 e. The Morgan fingerprint density at radius 2 is 1.46 bits per heavy atom. The molecule has 0 heterocycles. The van der Waals surface area contributed by atoms with Crippen molar-refractivity contribution in [3.05, 3.63) is 52.8 Å². The van der Waals surface area contributed by atoms with Crippen LogP contribution in [0.4, 0.5) is 22.0 Å². The Hall–Kier alpha value is -2.36. The quantitative estimate of drug-likeness (QED) is 0.390. The number of ether oxygens (including phenoxy) is 1. The summed E-state index contributed by atoms with van der Waals surface area (Å²) in [5.74, 6) is -13.6. The molecule has 0 saturated carbocycles. The van der Waals surface area contributed by atoms with Gasteiger partial charge >= 0.3 is 0 Å². The van der Waals surface area contributed by atoms with Crippen LogP contribution in [-0.2, 0) is 15.6 Å². The summed E-state index contributed by atoms with van der Waals surface area (Å²) in [4.78, 5) is -1.92. The number of hydrogen-bond donors (Lipinski definition) is 1. The van der Waals surface area contributed by atoms with Crippen LogP contribution in [0.15, 0.2) is 23.1 Å². The number of hydrogen-bond acceptors (Lipinski definition) is 4. The Kier molecular flexibility index (Phi) is 4.70. The molecule has 24 heavy (non-hydrogen) atoms. The monoisotopic (exact) mass is 368 g/mol. The fourth-order valence-corrected chi connectivity index (χ4v) is 3.46. The van der Waals surface area contributed by atoms with Crippen LogP contribution in [0.3, 0.4) is 0 Å². The highest BCUT2D eigenvalue weighted by Crippen LogP contribution is 2.31. The van der Waals surface area contributed by atoms with Crippen LogP contribution in [0.5, 0.6) is 11.5 Å². The highest BCUT2D eigenvalue weighted by atomic mass is 32.2. The van der Waals surface area contributed by atoms with Gasteiger partial charge in [-0.05, 0) is 17.7 Å². The fourth-order valence-electron chi connectivity index (χ4n) is 1.97. The predicted molar refractivity (Wildman–Crippen MR) is 71.8 cm³/mol. The van der Waals surface area contributed by atoms with Gasteiger partial charge in [-0.15, -0.1) is 0 Å². The molecule has 0 aliphatic carbocycles. The van der Waals surface area contributed by atoms with E-state index in [4.69, 9.17) is 4.74 Å². The van der Waals surface area contributed by atoms with Crippen LogP contribution in [0.2, 0.25) is 0 Å². The standard InChI is InChI=1S/C14H9F5O4S/c1-23-8-3-2-6(4-7(8)20)5-24(21,22)14-12(18)10(16)9(15)11(17)13(14)19/h2-4,20H,5H2,1H3. The van der Waals surface area contributed by atoms with E-state index in [2.05, 4.69) is 0 Å². The maximum atomic E-state index is 13.6. The number of halogens is 5. The second-order valence-corrected chi connectivity index (χ2v) is 6.59. The highest BCUT2D eigenvalue weighted by molar-refractivity contribution is 7.90. The van der Waals surface area contributed by atoms with Gasteiger partial charge in [-0.2, -0.15) is 0 Å². The van der Waals surface area contributed by atoms with E-state index in [0.29, 0.717) is 0 Å². The molecule has 4 nitrogen and oxygen atoms in total. The van der Waals surface area contributed by atoms with E-state index >= 15 is 0 Å². The van der Waals surface area contributed by atoms with Gasteiger partial charge in [-0.1, -0.05) is 6.07 Å². The zero-order valence-corrected chi connectivity index (χ0v) is 12.7. The molecule has 0 atom stereocenters. The lowest BCUT2D eigenvalue weighted by Crippen LogP contribution is -2.14. The average molecular weight is 368 g/mol. The molecule has 0 bridgehead atoms. The number of phenols is 1. The summed E-state index contributed by atoms with van der Waals surface area (Å²) < 4.78 is 95.4. The molecule has 0 fully saturated rings. The van der Waals surface area contributed by atoms with Gasteiger partial charge in [0, 0.05) is 0 Å². The molecule has 0 aliphatic heterocycles. The number of benzene rings is 2. The SMILES string of the molecule is COc1ccc(CS(=O)(=O)c2c(F)c(F)c(F)c(F)c2F)cc1O. The second-order valence-electron chi connectivity index (χ2n) is 4.66. The van der Waals surface area contributed by atoms with Gasteiger partial charge in [0.15, 0.2) is 44.6 Å². The highest BCUT2D eigenvalue weighted by Gasteiger charge is 2.33. The zero-order valence-electron chi connectivity index (χ0n) is 11.9. The first-order valence-electron chi connectivity index (χ1n) is 6.20. The number of methoxy groups -OCH3 is 1. The first kappa shape index (κ1) is 18.0. The Labute approximate surface area is 133 Å². The Balaban J connectivity index is 2.55. The Morgan fingerprint density at radius 1 is 0.958 bits per heavy atom. The molecule has 1 N–H and O–H groups in total. The summed E-state index contributed by atoms with van der Waals surface area (Å²) in [7, 11) is -3.68. The summed E-state index contributed by atoms with van der Waals surface area (Å²) >= 11 is 0. The van der Waals surface area contributed by atoms with Crippen LogP contribution in [-0.4, -0.2) is 20.6 Å². The van der Waals surface area contributed by atoms with Crippen molar-refractivity contribution in [2.24, 2.45) is 0 Å². The molecule has 130 valence electrons. The smallest absolute Gasteiger partial charge is 0.200 e. The summed E-state index contributed by atoms with van der Waals surface area (Å²) in [6.45, 7) is 0. The number of rotatable bonds is 4. The summed E-state index contributed by atoms with van der Waals surface area (Å²) in [6, 6.07) is 3.27. The minimum absolute atomic E-state index is 0.00683. The first-order chi connectivity index (χ1) is 11.1. The van der Waals surface area contributed by atoms with E-state index in [9.17, 15) is 35.5 Å². The van der Waals surface area contributed by atoms with Gasteiger partial charge in [0.25, 0.3) is 0 Å². The van der Waals surface area contributed by atoms with E-state index in [-0.39, 0.29) is 11.3 Å². The minimum atomic E-state index is -4.92. The van der Waals surface area contributed by atoms with Crippen molar-refractivity contribution in [3.8, 4) is 11.5 Å². The molecule has 0 radical (unpaired) electrons. The van der Waals surface area contributed by atoms with Crippen molar-refractivity contribution in [1.29, 1.82) is 0 Å². The molecule has 2 rings (SSSR count). The van der Waals surface area contributed by atoms with Crippen molar-refractivity contribution < 1.29 is 40.2 Å². The van der Waals surface area contributed by atoms with E-state index in [1.807, 2.05) is 0 Å². The van der Waals surface area contributed by atoms with Gasteiger partial charge in [-0.25, -0.2) is 30.4 Å². The maximum absolute atomic E-state index is 13.6. The lowest BCUT2D eigenvalue weighted by molar-refractivity contribution is 0.357. The second kappa shape index (κ2) is 6.27. The number of aromatic hydroxyl groups is 1. The van der Waals surface area contributed by atoms with Crippen LogP contribution in [0.25, 0.3) is 0 Å². The molecule has 0 aromatic heterocycles. The molecule has 0 amide bonds. The lowest BCUT2D eigenvalue weighted by atomic mass is 10.2.